The highest BCUT2D eigenvalue weighted by molar-refractivity contribution is 7.87. The second kappa shape index (κ2) is 6.04. The second-order valence-electron chi connectivity index (χ2n) is 6.03. The van der Waals surface area contributed by atoms with Crippen LogP contribution in [0, 0.1) is 0 Å². The Hall–Kier alpha value is -0.950. The van der Waals surface area contributed by atoms with E-state index in [9.17, 15) is 8.42 Å². The molecule has 1 aliphatic carbocycles. The molecule has 0 amide bonds. The van der Waals surface area contributed by atoms with Crippen LogP contribution < -0.4 is 10.5 Å². The maximum atomic E-state index is 12.6. The van der Waals surface area contributed by atoms with Crippen LogP contribution in [0.2, 0.25) is 0 Å². The van der Waals surface area contributed by atoms with E-state index in [1.165, 1.54) is 9.87 Å². The minimum atomic E-state index is -3.46. The molecule has 0 spiro atoms. The van der Waals surface area contributed by atoms with Crippen molar-refractivity contribution in [3.05, 3.63) is 35.4 Å². The highest BCUT2D eigenvalue weighted by Gasteiger charge is 2.31. The smallest absolute Gasteiger partial charge is 0.280 e. The predicted molar refractivity (Wildman–Crippen MR) is 82.8 cm³/mol. The molecule has 21 heavy (non-hydrogen) atoms. The molecule has 0 aromatic heterocycles. The number of benzene rings is 1. The van der Waals surface area contributed by atoms with E-state index in [2.05, 4.69) is 10.8 Å². The molecule has 116 valence electrons. The molecule has 0 bridgehead atoms. The number of fused-ring (bicyclic) bond motifs is 1. The number of rotatable bonds is 3. The molecule has 6 heteroatoms. The van der Waals surface area contributed by atoms with Gasteiger partial charge >= 0.3 is 0 Å². The normalized spacial score (nSPS) is 27.3. The first-order valence-corrected chi connectivity index (χ1v) is 9.10. The quantitative estimate of drug-likeness (QED) is 0.879. The number of hydrogen-bond acceptors (Lipinski definition) is 3. The summed E-state index contributed by atoms with van der Waals surface area (Å²) in [5.74, 6) is 0. The lowest BCUT2D eigenvalue weighted by Gasteiger charge is -2.33. The van der Waals surface area contributed by atoms with Crippen molar-refractivity contribution >= 4 is 10.2 Å². The summed E-state index contributed by atoms with van der Waals surface area (Å²) < 4.78 is 29.5. The minimum absolute atomic E-state index is 0.0643. The lowest BCUT2D eigenvalue weighted by Crippen LogP contribution is -2.53. The zero-order chi connectivity index (χ0) is 14.9. The van der Waals surface area contributed by atoms with Gasteiger partial charge in [0.25, 0.3) is 10.2 Å². The van der Waals surface area contributed by atoms with E-state index >= 15 is 0 Å². The maximum Gasteiger partial charge on any atom is 0.280 e. The Kier molecular flexibility index (Phi) is 4.31. The molecule has 1 fully saturated rings. The standard InChI is InChI=1S/C15H23N3O2S/c16-14-7-3-4-8-15(14)17-21(19,20)18-10-9-12-5-1-2-6-13(12)11-18/h1-2,5-6,14-15,17H,3-4,7-11,16H2/t14-,15-/m1/s1. The van der Waals surface area contributed by atoms with E-state index in [1.54, 1.807) is 0 Å². The molecular formula is C15H23N3O2S. The fraction of sp³-hybridized carbons (Fsp3) is 0.600. The van der Waals surface area contributed by atoms with Crippen LogP contribution in [0.4, 0.5) is 0 Å². The van der Waals surface area contributed by atoms with Crippen LogP contribution in [0.3, 0.4) is 0 Å². The third-order valence-electron chi connectivity index (χ3n) is 4.56. The highest BCUT2D eigenvalue weighted by atomic mass is 32.2. The molecule has 3 rings (SSSR count). The van der Waals surface area contributed by atoms with Gasteiger partial charge in [0.15, 0.2) is 0 Å². The topological polar surface area (TPSA) is 75.4 Å². The first-order valence-electron chi connectivity index (χ1n) is 7.66. The van der Waals surface area contributed by atoms with Gasteiger partial charge in [-0.3, -0.25) is 0 Å². The zero-order valence-corrected chi connectivity index (χ0v) is 13.0. The third-order valence-corrected chi connectivity index (χ3v) is 6.15. The van der Waals surface area contributed by atoms with Gasteiger partial charge in [0, 0.05) is 25.2 Å². The number of hydrogen-bond donors (Lipinski definition) is 2. The first kappa shape index (κ1) is 15.0. The van der Waals surface area contributed by atoms with Crippen molar-refractivity contribution in [3.8, 4) is 0 Å². The van der Waals surface area contributed by atoms with Crippen molar-refractivity contribution in [2.45, 2.75) is 50.7 Å². The molecule has 1 saturated carbocycles. The van der Waals surface area contributed by atoms with E-state index in [4.69, 9.17) is 5.73 Å². The van der Waals surface area contributed by atoms with Crippen LogP contribution in [0.5, 0.6) is 0 Å². The number of nitrogens with one attached hydrogen (secondary N) is 1. The summed E-state index contributed by atoms with van der Waals surface area (Å²) in [6.07, 6.45) is 4.65. The lowest BCUT2D eigenvalue weighted by molar-refractivity contribution is 0.336. The summed E-state index contributed by atoms with van der Waals surface area (Å²) in [5.41, 5.74) is 8.39. The molecule has 1 aromatic carbocycles. The summed E-state index contributed by atoms with van der Waals surface area (Å²) in [5, 5.41) is 0. The Bertz CT molecular complexity index is 603. The third kappa shape index (κ3) is 3.29. The Balaban J connectivity index is 1.71. The molecule has 1 aromatic rings. The fourth-order valence-electron chi connectivity index (χ4n) is 3.25. The molecule has 3 N–H and O–H groups in total. The van der Waals surface area contributed by atoms with Crippen molar-refractivity contribution in [1.82, 2.24) is 9.03 Å². The number of nitrogens with two attached hydrogens (primary N) is 1. The van der Waals surface area contributed by atoms with Gasteiger partial charge in [-0.1, -0.05) is 37.1 Å². The summed E-state index contributed by atoms with van der Waals surface area (Å²) in [6, 6.07) is 7.85. The van der Waals surface area contributed by atoms with Crippen LogP contribution in [-0.4, -0.2) is 31.4 Å². The van der Waals surface area contributed by atoms with Crippen molar-refractivity contribution < 1.29 is 8.42 Å². The SMILES string of the molecule is N[C@@H]1CCCC[C@H]1NS(=O)(=O)N1CCc2ccccc2C1. The predicted octanol–water partition coefficient (Wildman–Crippen LogP) is 1.15. The van der Waals surface area contributed by atoms with Gasteiger partial charge in [0.05, 0.1) is 0 Å². The van der Waals surface area contributed by atoms with E-state index in [-0.39, 0.29) is 12.1 Å². The first-order chi connectivity index (χ1) is 10.1. The Labute approximate surface area is 126 Å². The maximum absolute atomic E-state index is 12.6. The highest BCUT2D eigenvalue weighted by Crippen LogP contribution is 2.22. The minimum Gasteiger partial charge on any atom is -0.326 e. The van der Waals surface area contributed by atoms with E-state index in [0.29, 0.717) is 13.1 Å². The van der Waals surface area contributed by atoms with Crippen LogP contribution in [0.1, 0.15) is 36.8 Å². The monoisotopic (exact) mass is 309 g/mol. The van der Waals surface area contributed by atoms with Gasteiger partial charge < -0.3 is 5.73 Å². The van der Waals surface area contributed by atoms with E-state index < -0.39 is 10.2 Å². The van der Waals surface area contributed by atoms with Crippen LogP contribution in [0.25, 0.3) is 0 Å². The van der Waals surface area contributed by atoms with Crippen LogP contribution >= 0.6 is 0 Å². The molecule has 5 nitrogen and oxygen atoms in total. The van der Waals surface area contributed by atoms with Gasteiger partial charge in [-0.25, -0.2) is 0 Å². The van der Waals surface area contributed by atoms with Crippen LogP contribution in [-0.2, 0) is 23.2 Å². The molecule has 2 atom stereocenters. The molecule has 1 heterocycles. The molecule has 0 saturated heterocycles. The van der Waals surface area contributed by atoms with Crippen LogP contribution in [0.15, 0.2) is 24.3 Å². The average Bonchev–Trinajstić information content (AvgIpc) is 2.49. The van der Waals surface area contributed by atoms with Gasteiger partial charge in [0.1, 0.15) is 0 Å². The van der Waals surface area contributed by atoms with Crippen molar-refractivity contribution in [2.75, 3.05) is 6.54 Å². The lowest BCUT2D eigenvalue weighted by atomic mass is 9.92. The van der Waals surface area contributed by atoms with Gasteiger partial charge in [0.2, 0.25) is 0 Å². The summed E-state index contributed by atoms with van der Waals surface area (Å²) in [4.78, 5) is 0. The summed E-state index contributed by atoms with van der Waals surface area (Å²) >= 11 is 0. The van der Waals surface area contributed by atoms with Gasteiger partial charge in [-0.15, -0.1) is 0 Å². The molecule has 2 aliphatic rings. The van der Waals surface area contributed by atoms with Crippen molar-refractivity contribution in [1.29, 1.82) is 0 Å². The molecule has 0 unspecified atom stereocenters. The van der Waals surface area contributed by atoms with Gasteiger partial charge in [-0.05, 0) is 30.4 Å². The summed E-state index contributed by atoms with van der Waals surface area (Å²) in [6.45, 7) is 0.988. The molecular weight excluding hydrogens is 286 g/mol. The van der Waals surface area contributed by atoms with Gasteiger partial charge in [-0.2, -0.15) is 17.4 Å². The average molecular weight is 309 g/mol. The van der Waals surface area contributed by atoms with E-state index in [0.717, 1.165) is 37.7 Å². The zero-order valence-electron chi connectivity index (χ0n) is 12.2. The molecule has 1 aliphatic heterocycles. The Morgan fingerprint density at radius 1 is 1.14 bits per heavy atom. The Morgan fingerprint density at radius 2 is 1.86 bits per heavy atom. The van der Waals surface area contributed by atoms with E-state index in [1.807, 2.05) is 18.2 Å². The van der Waals surface area contributed by atoms with Crippen molar-refractivity contribution in [3.63, 3.8) is 0 Å². The Morgan fingerprint density at radius 3 is 2.62 bits per heavy atom. The largest absolute Gasteiger partial charge is 0.326 e. The summed E-state index contributed by atoms with van der Waals surface area (Å²) in [7, 11) is -3.46. The second-order valence-corrected chi connectivity index (χ2v) is 7.73. The van der Waals surface area contributed by atoms with Crippen molar-refractivity contribution in [2.24, 2.45) is 5.73 Å². The fourth-order valence-corrected chi connectivity index (χ4v) is 4.71. The molecule has 0 radical (unpaired) electrons. The number of nitrogens with zero attached hydrogens (tertiary/aromatic N) is 1.